The molecule has 2 unspecified atom stereocenters. The van der Waals surface area contributed by atoms with E-state index in [9.17, 15) is 14.4 Å². The van der Waals surface area contributed by atoms with Gasteiger partial charge in [-0.3, -0.25) is 14.4 Å². The Balaban J connectivity index is 2.07. The van der Waals surface area contributed by atoms with Crippen LogP contribution in [0.25, 0.3) is 0 Å². The van der Waals surface area contributed by atoms with E-state index in [1.807, 2.05) is 9.80 Å². The number of likely N-dealkylation sites (tertiary alicyclic amines) is 1. The number of hydrogen-bond donors (Lipinski definition) is 2. The summed E-state index contributed by atoms with van der Waals surface area (Å²) in [6, 6.07) is -0.588. The van der Waals surface area contributed by atoms with E-state index in [4.69, 9.17) is 5.73 Å². The molecule has 0 aromatic heterocycles. The lowest BCUT2D eigenvalue weighted by atomic mass is 9.91. The molecule has 0 saturated carbocycles. The molecule has 0 radical (unpaired) electrons. The van der Waals surface area contributed by atoms with Gasteiger partial charge >= 0.3 is 0 Å². The van der Waals surface area contributed by atoms with Crippen molar-refractivity contribution in [3.8, 4) is 0 Å². The van der Waals surface area contributed by atoms with E-state index in [0.717, 1.165) is 25.8 Å². The molecule has 0 bridgehead atoms. The molecule has 2 aliphatic heterocycles. The lowest BCUT2D eigenvalue weighted by molar-refractivity contribution is -0.150. The highest BCUT2D eigenvalue weighted by molar-refractivity contribution is 5.90. The van der Waals surface area contributed by atoms with E-state index in [2.05, 4.69) is 33.0 Å². The summed E-state index contributed by atoms with van der Waals surface area (Å²) in [4.78, 5) is 41.3. The van der Waals surface area contributed by atoms with Gasteiger partial charge in [0, 0.05) is 32.6 Å². The van der Waals surface area contributed by atoms with Crippen LogP contribution in [0.3, 0.4) is 0 Å². The molecule has 2 rings (SSSR count). The molecule has 0 spiro atoms. The smallest absolute Gasteiger partial charge is 0.245 e. The number of hydrogen-bond acceptors (Lipinski definition) is 4. The van der Waals surface area contributed by atoms with Gasteiger partial charge in [0.2, 0.25) is 17.7 Å². The van der Waals surface area contributed by atoms with E-state index in [-0.39, 0.29) is 29.7 Å². The molecule has 2 heterocycles. The highest BCUT2D eigenvalue weighted by Crippen LogP contribution is 2.24. The summed E-state index contributed by atoms with van der Waals surface area (Å²) >= 11 is 0. The van der Waals surface area contributed by atoms with Crippen molar-refractivity contribution < 1.29 is 14.4 Å². The number of amides is 3. The topological polar surface area (TPSA) is 95.7 Å². The predicted molar refractivity (Wildman–Crippen MR) is 109 cm³/mol. The molecule has 2 saturated heterocycles. The van der Waals surface area contributed by atoms with Crippen LogP contribution in [0.15, 0.2) is 0 Å². The number of rotatable bonds is 8. The Kier molecular flexibility index (Phi) is 8.28. The van der Waals surface area contributed by atoms with Gasteiger partial charge in [-0.25, -0.2) is 0 Å². The zero-order chi connectivity index (χ0) is 20.8. The molecule has 2 aliphatic rings. The molecule has 0 aliphatic carbocycles. The predicted octanol–water partition coefficient (Wildman–Crippen LogP) is 1.36. The van der Waals surface area contributed by atoms with Gasteiger partial charge in [-0.05, 0) is 43.4 Å². The maximum atomic E-state index is 13.4. The first-order valence-electron chi connectivity index (χ1n) is 10.8. The molecule has 3 N–H and O–H groups in total. The molecule has 7 nitrogen and oxygen atoms in total. The molecule has 7 heteroatoms. The minimum absolute atomic E-state index is 0.0579. The number of carbonyl (C=O) groups is 3. The maximum absolute atomic E-state index is 13.4. The van der Waals surface area contributed by atoms with Crippen LogP contribution in [0.4, 0.5) is 0 Å². The summed E-state index contributed by atoms with van der Waals surface area (Å²) in [5, 5.41) is 3.32. The molecule has 0 aromatic rings. The first kappa shape index (κ1) is 22.7. The first-order chi connectivity index (χ1) is 13.2. The van der Waals surface area contributed by atoms with Crippen LogP contribution in [-0.2, 0) is 14.4 Å². The normalized spacial score (nSPS) is 22.8. The fourth-order valence-corrected chi connectivity index (χ4v) is 4.38. The van der Waals surface area contributed by atoms with Gasteiger partial charge < -0.3 is 20.9 Å². The second kappa shape index (κ2) is 10.2. The zero-order valence-corrected chi connectivity index (χ0v) is 17.9. The average molecular weight is 395 g/mol. The summed E-state index contributed by atoms with van der Waals surface area (Å²) in [6.45, 7) is 11.0. The zero-order valence-electron chi connectivity index (χ0n) is 17.9. The van der Waals surface area contributed by atoms with E-state index in [0.29, 0.717) is 44.3 Å². The molecule has 2 fully saturated rings. The molecule has 0 aromatic carbocycles. The Morgan fingerprint density at radius 3 is 2.29 bits per heavy atom. The number of nitrogens with one attached hydrogen (secondary N) is 1. The second-order valence-corrected chi connectivity index (χ2v) is 9.25. The first-order valence-corrected chi connectivity index (χ1v) is 10.8. The summed E-state index contributed by atoms with van der Waals surface area (Å²) in [7, 11) is 0. The van der Waals surface area contributed by atoms with Crippen LogP contribution in [0.5, 0.6) is 0 Å². The van der Waals surface area contributed by atoms with Crippen molar-refractivity contribution in [1.82, 2.24) is 15.1 Å². The monoisotopic (exact) mass is 394 g/mol. The summed E-state index contributed by atoms with van der Waals surface area (Å²) in [5.74, 6) is 0.858. The number of piperazine rings is 1. The van der Waals surface area contributed by atoms with Crippen molar-refractivity contribution in [3.05, 3.63) is 0 Å². The van der Waals surface area contributed by atoms with Gasteiger partial charge in [-0.1, -0.05) is 27.7 Å². The van der Waals surface area contributed by atoms with Crippen molar-refractivity contribution >= 4 is 17.7 Å². The fraction of sp³-hybridized carbons (Fsp3) is 0.857. The maximum Gasteiger partial charge on any atom is 0.245 e. The molecular weight excluding hydrogens is 356 g/mol. The van der Waals surface area contributed by atoms with E-state index >= 15 is 0 Å². The van der Waals surface area contributed by atoms with Crippen LogP contribution in [-0.4, -0.2) is 65.8 Å². The van der Waals surface area contributed by atoms with Gasteiger partial charge in [-0.15, -0.1) is 0 Å². The number of nitrogens with zero attached hydrogens (tertiary/aromatic N) is 2. The van der Waals surface area contributed by atoms with E-state index in [1.165, 1.54) is 0 Å². The number of nitrogens with two attached hydrogens (primary N) is 1. The largest absolute Gasteiger partial charge is 0.370 e. The van der Waals surface area contributed by atoms with Crippen molar-refractivity contribution in [1.29, 1.82) is 0 Å². The summed E-state index contributed by atoms with van der Waals surface area (Å²) in [5.41, 5.74) is 5.31. The van der Waals surface area contributed by atoms with Gasteiger partial charge in [-0.2, -0.15) is 0 Å². The van der Waals surface area contributed by atoms with Gasteiger partial charge in [0.25, 0.3) is 0 Å². The van der Waals surface area contributed by atoms with Crippen LogP contribution < -0.4 is 11.1 Å². The van der Waals surface area contributed by atoms with Crippen LogP contribution >= 0.6 is 0 Å². The Bertz CT molecular complexity index is 556. The minimum Gasteiger partial charge on any atom is -0.370 e. The molecule has 2 atom stereocenters. The second-order valence-electron chi connectivity index (χ2n) is 9.25. The van der Waals surface area contributed by atoms with Crippen LogP contribution in [0, 0.1) is 17.8 Å². The third kappa shape index (κ3) is 6.19. The fourth-order valence-electron chi connectivity index (χ4n) is 4.38. The lowest BCUT2D eigenvalue weighted by Gasteiger charge is -2.42. The van der Waals surface area contributed by atoms with E-state index < -0.39 is 6.04 Å². The third-order valence-corrected chi connectivity index (χ3v) is 5.80. The van der Waals surface area contributed by atoms with Gasteiger partial charge in [0.15, 0.2) is 0 Å². The number of carbonyl (C=O) groups excluding carboxylic acids is 3. The Morgan fingerprint density at radius 2 is 1.75 bits per heavy atom. The highest BCUT2D eigenvalue weighted by Gasteiger charge is 2.39. The van der Waals surface area contributed by atoms with Gasteiger partial charge in [0.1, 0.15) is 6.04 Å². The Hall–Kier alpha value is -1.63. The van der Waals surface area contributed by atoms with Crippen molar-refractivity contribution in [2.24, 2.45) is 23.5 Å². The summed E-state index contributed by atoms with van der Waals surface area (Å²) < 4.78 is 0. The average Bonchev–Trinajstić information content (AvgIpc) is 2.61. The lowest BCUT2D eigenvalue weighted by Crippen LogP contribution is -2.62. The van der Waals surface area contributed by atoms with Crippen molar-refractivity contribution in [2.75, 3.05) is 26.2 Å². The Morgan fingerprint density at radius 1 is 1.11 bits per heavy atom. The quantitative estimate of drug-likeness (QED) is 0.650. The number of piperidine rings is 1. The molecule has 3 amide bonds. The molecule has 28 heavy (non-hydrogen) atoms. The van der Waals surface area contributed by atoms with Crippen molar-refractivity contribution in [2.45, 2.75) is 71.9 Å². The van der Waals surface area contributed by atoms with Crippen molar-refractivity contribution in [3.63, 3.8) is 0 Å². The molecular formula is C21H38N4O3. The molecule has 160 valence electrons. The summed E-state index contributed by atoms with van der Waals surface area (Å²) in [6.07, 6.45) is 3.46. The standard InChI is InChI=1S/C21H38N4O3/c1-14(2)11-17-20(27)25(10-7-23-17)18(12-15(3)4)21(28)24-8-5-16(6-9-24)13-19(22)26/h14-18,23H,5-13H2,1-4H3,(H2,22,26). The van der Waals surface area contributed by atoms with Crippen LogP contribution in [0.1, 0.15) is 59.8 Å². The van der Waals surface area contributed by atoms with Crippen LogP contribution in [0.2, 0.25) is 0 Å². The SMILES string of the molecule is CC(C)CC1NCCN(C(CC(C)C)C(=O)N2CCC(CC(N)=O)CC2)C1=O. The Labute approximate surface area is 169 Å². The van der Waals surface area contributed by atoms with Gasteiger partial charge in [0.05, 0.1) is 6.04 Å². The minimum atomic E-state index is -0.392. The highest BCUT2D eigenvalue weighted by atomic mass is 16.2. The number of primary amides is 1. The third-order valence-electron chi connectivity index (χ3n) is 5.80. The van der Waals surface area contributed by atoms with E-state index in [1.54, 1.807) is 0 Å².